The quantitative estimate of drug-likeness (QED) is 0.875. The minimum absolute atomic E-state index is 0.0106. The summed E-state index contributed by atoms with van der Waals surface area (Å²) in [7, 11) is 0. The highest BCUT2D eigenvalue weighted by atomic mass is 16.3. The molecule has 0 spiro atoms. The van der Waals surface area contributed by atoms with Gasteiger partial charge in [-0.05, 0) is 31.1 Å². The lowest BCUT2D eigenvalue weighted by Crippen LogP contribution is -2.20. The first-order valence-corrected chi connectivity index (χ1v) is 6.68. The fourth-order valence-electron chi connectivity index (χ4n) is 3.22. The molecule has 17 heavy (non-hydrogen) atoms. The first-order valence-electron chi connectivity index (χ1n) is 6.68. The summed E-state index contributed by atoms with van der Waals surface area (Å²) in [6.45, 7) is 4.67. The Kier molecular flexibility index (Phi) is 2.51. The molecule has 4 heteroatoms. The first-order chi connectivity index (χ1) is 8.13. The van der Waals surface area contributed by atoms with E-state index in [1.807, 2.05) is 0 Å². The molecule has 94 valence electrons. The lowest BCUT2D eigenvalue weighted by Gasteiger charge is -2.26. The van der Waals surface area contributed by atoms with E-state index < -0.39 is 0 Å². The molecule has 0 bridgehead atoms. The molecule has 2 fully saturated rings. The van der Waals surface area contributed by atoms with Gasteiger partial charge in [0.05, 0.1) is 0 Å². The summed E-state index contributed by atoms with van der Waals surface area (Å²) >= 11 is 0. The average molecular weight is 235 g/mol. The van der Waals surface area contributed by atoms with Crippen LogP contribution in [-0.4, -0.2) is 19.9 Å². The van der Waals surface area contributed by atoms with E-state index in [1.54, 1.807) is 0 Å². The Hall–Kier alpha value is -0.900. The van der Waals surface area contributed by atoms with E-state index in [0.717, 1.165) is 11.6 Å². The molecule has 1 atom stereocenters. The van der Waals surface area contributed by atoms with Crippen LogP contribution in [0.2, 0.25) is 0 Å². The van der Waals surface area contributed by atoms with Crippen LogP contribution in [0, 0.1) is 5.41 Å². The molecule has 1 aromatic heterocycles. The van der Waals surface area contributed by atoms with Crippen LogP contribution < -0.4 is 0 Å². The third-order valence-electron chi connectivity index (χ3n) is 4.42. The van der Waals surface area contributed by atoms with Crippen LogP contribution in [0.25, 0.3) is 0 Å². The van der Waals surface area contributed by atoms with Crippen LogP contribution in [0.15, 0.2) is 0 Å². The van der Waals surface area contributed by atoms with Crippen molar-refractivity contribution < 1.29 is 5.11 Å². The van der Waals surface area contributed by atoms with Crippen LogP contribution in [-0.2, 0) is 6.61 Å². The van der Waals surface area contributed by atoms with Crippen LogP contribution >= 0.6 is 0 Å². The largest absolute Gasteiger partial charge is 0.388 e. The van der Waals surface area contributed by atoms with Crippen LogP contribution in [0.3, 0.4) is 0 Å². The van der Waals surface area contributed by atoms with Gasteiger partial charge in [-0.2, -0.15) is 0 Å². The molecule has 2 aliphatic rings. The third kappa shape index (κ3) is 1.79. The Morgan fingerprint density at radius 3 is 2.59 bits per heavy atom. The van der Waals surface area contributed by atoms with Gasteiger partial charge in [-0.3, -0.25) is 0 Å². The Bertz CT molecular complexity index is 420. The highest BCUT2D eigenvalue weighted by Crippen LogP contribution is 2.50. The molecule has 0 aromatic carbocycles. The van der Waals surface area contributed by atoms with Gasteiger partial charge in [0.15, 0.2) is 5.82 Å². The van der Waals surface area contributed by atoms with Crippen molar-refractivity contribution in [3.05, 3.63) is 11.6 Å². The second kappa shape index (κ2) is 3.80. The number of hydrogen-bond donors (Lipinski definition) is 1. The van der Waals surface area contributed by atoms with Crippen LogP contribution in [0.5, 0.6) is 0 Å². The summed E-state index contributed by atoms with van der Waals surface area (Å²) in [5, 5.41) is 17.9. The van der Waals surface area contributed by atoms with E-state index in [9.17, 15) is 5.11 Å². The van der Waals surface area contributed by atoms with Crippen molar-refractivity contribution in [3.8, 4) is 0 Å². The van der Waals surface area contributed by atoms with Crippen molar-refractivity contribution in [1.29, 1.82) is 0 Å². The minimum atomic E-state index is 0.0106. The Balaban J connectivity index is 1.99. The molecule has 4 nitrogen and oxygen atoms in total. The molecule has 1 N–H and O–H groups in total. The van der Waals surface area contributed by atoms with Crippen molar-refractivity contribution in [1.82, 2.24) is 14.8 Å². The number of rotatable bonds is 3. The first kappa shape index (κ1) is 11.2. The van der Waals surface area contributed by atoms with Gasteiger partial charge >= 0.3 is 0 Å². The zero-order chi connectivity index (χ0) is 12.0. The van der Waals surface area contributed by atoms with Crippen molar-refractivity contribution in [3.63, 3.8) is 0 Å². The van der Waals surface area contributed by atoms with Crippen molar-refractivity contribution in [2.75, 3.05) is 0 Å². The summed E-state index contributed by atoms with van der Waals surface area (Å²) in [5.41, 5.74) is 0.326. The van der Waals surface area contributed by atoms with Crippen LogP contribution in [0.4, 0.5) is 0 Å². The van der Waals surface area contributed by atoms with Gasteiger partial charge in [0.1, 0.15) is 12.4 Å². The maximum Gasteiger partial charge on any atom is 0.159 e. The van der Waals surface area contributed by atoms with Crippen LogP contribution in [0.1, 0.15) is 69.6 Å². The van der Waals surface area contributed by atoms with E-state index in [4.69, 9.17) is 0 Å². The molecule has 3 rings (SSSR count). The molecule has 0 amide bonds. The summed E-state index contributed by atoms with van der Waals surface area (Å²) in [6.07, 6.45) is 6.19. The molecule has 2 aliphatic carbocycles. The number of aliphatic hydroxyl groups is 1. The predicted octanol–water partition coefficient (Wildman–Crippen LogP) is 2.40. The van der Waals surface area contributed by atoms with Crippen molar-refractivity contribution >= 4 is 0 Å². The second-order valence-corrected chi connectivity index (χ2v) is 6.17. The van der Waals surface area contributed by atoms with Gasteiger partial charge in [0, 0.05) is 12.0 Å². The highest BCUT2D eigenvalue weighted by molar-refractivity contribution is 5.12. The van der Waals surface area contributed by atoms with Crippen molar-refractivity contribution in [2.24, 2.45) is 5.41 Å². The molecule has 2 saturated carbocycles. The van der Waals surface area contributed by atoms with E-state index in [1.165, 1.54) is 32.1 Å². The zero-order valence-electron chi connectivity index (χ0n) is 10.7. The van der Waals surface area contributed by atoms with Crippen molar-refractivity contribution in [2.45, 2.75) is 64.5 Å². The summed E-state index contributed by atoms with van der Waals surface area (Å²) in [5.74, 6) is 2.39. The van der Waals surface area contributed by atoms with Gasteiger partial charge in [-0.15, -0.1) is 10.2 Å². The van der Waals surface area contributed by atoms with Gasteiger partial charge in [-0.1, -0.05) is 20.3 Å². The minimum Gasteiger partial charge on any atom is -0.388 e. The Labute approximate surface area is 102 Å². The van der Waals surface area contributed by atoms with Gasteiger partial charge < -0.3 is 9.67 Å². The maximum absolute atomic E-state index is 9.36. The van der Waals surface area contributed by atoms with Gasteiger partial charge in [-0.25, -0.2) is 0 Å². The lowest BCUT2D eigenvalue weighted by molar-refractivity contribution is 0.261. The fourth-order valence-corrected chi connectivity index (χ4v) is 3.22. The average Bonchev–Trinajstić information content (AvgIpc) is 2.94. The Morgan fingerprint density at radius 1 is 1.29 bits per heavy atom. The number of aliphatic hydroxyl groups excluding tert-OH is 1. The maximum atomic E-state index is 9.36. The van der Waals surface area contributed by atoms with E-state index in [0.29, 0.717) is 17.4 Å². The number of nitrogens with zero attached hydrogens (tertiary/aromatic N) is 3. The zero-order valence-corrected chi connectivity index (χ0v) is 10.7. The van der Waals surface area contributed by atoms with Gasteiger partial charge in [0.2, 0.25) is 0 Å². The molecular formula is C13H21N3O. The summed E-state index contributed by atoms with van der Waals surface area (Å²) in [6, 6.07) is 0.554. The molecule has 1 heterocycles. The number of hydrogen-bond acceptors (Lipinski definition) is 3. The van der Waals surface area contributed by atoms with E-state index >= 15 is 0 Å². The summed E-state index contributed by atoms with van der Waals surface area (Å²) < 4.78 is 2.22. The van der Waals surface area contributed by atoms with E-state index in [2.05, 4.69) is 28.6 Å². The monoisotopic (exact) mass is 235 g/mol. The van der Waals surface area contributed by atoms with Gasteiger partial charge in [0.25, 0.3) is 0 Å². The predicted molar refractivity (Wildman–Crippen MR) is 64.6 cm³/mol. The second-order valence-electron chi connectivity index (χ2n) is 6.17. The topological polar surface area (TPSA) is 50.9 Å². The molecule has 0 aliphatic heterocycles. The fraction of sp³-hybridized carbons (Fsp3) is 0.846. The van der Waals surface area contributed by atoms with E-state index in [-0.39, 0.29) is 6.61 Å². The Morgan fingerprint density at radius 2 is 2.06 bits per heavy atom. The smallest absolute Gasteiger partial charge is 0.159 e. The number of aromatic nitrogens is 3. The molecule has 0 saturated heterocycles. The molecular weight excluding hydrogens is 214 g/mol. The molecule has 1 unspecified atom stereocenters. The molecule has 0 radical (unpaired) electrons. The summed E-state index contributed by atoms with van der Waals surface area (Å²) in [4.78, 5) is 0. The highest BCUT2D eigenvalue weighted by Gasteiger charge is 2.41. The third-order valence-corrected chi connectivity index (χ3v) is 4.42. The standard InChI is InChI=1S/C13H21N3O/c1-13(2)7-3-4-10(13)12-15-14-11(8-17)16(12)9-5-6-9/h9-10,17H,3-8H2,1-2H3. The normalized spacial score (nSPS) is 27.6. The SMILES string of the molecule is CC1(C)CCCC1c1nnc(CO)n1C1CC1. The lowest BCUT2D eigenvalue weighted by atomic mass is 9.81. The molecule has 1 aromatic rings.